The van der Waals surface area contributed by atoms with E-state index in [0.29, 0.717) is 17.5 Å². The first-order valence-corrected chi connectivity index (χ1v) is 13.1. The SMILES string of the molecule is Cc1ncc(C(F)F)cc1-c1ccc(NC(=O)C(NC(=O)C(C=CN)=NC(C)C)C(C2CC2)C2CC2)nc1F. The standard InChI is InChI=1S/C28H33F3N6O2/c1-14(2)34-21(10-11-32)27(38)37-24(23(16-4-5-16)17-6-7-17)28(39)36-22-9-8-19(26(31)35-22)20-12-18(25(29)30)13-33-15(20)3/h8-14,16-17,23-25H,4-7,32H2,1-3H3,(H,37,38)(H,35,36,39). The number of hydrogen-bond acceptors (Lipinski definition) is 6. The third kappa shape index (κ3) is 7.01. The van der Waals surface area contributed by atoms with Gasteiger partial charge < -0.3 is 16.4 Å². The van der Waals surface area contributed by atoms with Crippen molar-refractivity contribution in [2.75, 3.05) is 5.32 Å². The summed E-state index contributed by atoms with van der Waals surface area (Å²) in [5.74, 6) is -1.46. The van der Waals surface area contributed by atoms with Crippen LogP contribution >= 0.6 is 0 Å². The summed E-state index contributed by atoms with van der Waals surface area (Å²) in [5, 5.41) is 5.50. The molecule has 0 aromatic carbocycles. The first-order valence-electron chi connectivity index (χ1n) is 13.1. The van der Waals surface area contributed by atoms with E-state index in [1.807, 2.05) is 13.8 Å². The minimum Gasteiger partial charge on any atom is -0.405 e. The van der Waals surface area contributed by atoms with Gasteiger partial charge in [-0.2, -0.15) is 4.39 Å². The van der Waals surface area contributed by atoms with Gasteiger partial charge in [0.05, 0.1) is 0 Å². The number of halogens is 3. The number of nitrogens with zero attached hydrogens (tertiary/aromatic N) is 3. The predicted molar refractivity (Wildman–Crippen MR) is 143 cm³/mol. The summed E-state index contributed by atoms with van der Waals surface area (Å²) in [5.41, 5.74) is 5.83. The number of anilines is 1. The van der Waals surface area contributed by atoms with E-state index >= 15 is 4.39 Å². The van der Waals surface area contributed by atoms with Crippen LogP contribution in [0.4, 0.5) is 19.0 Å². The maximum absolute atomic E-state index is 15.1. The van der Waals surface area contributed by atoms with Crippen LogP contribution in [0.1, 0.15) is 57.2 Å². The molecule has 0 saturated heterocycles. The Hall–Kier alpha value is -3.76. The second-order valence-corrected chi connectivity index (χ2v) is 10.4. The van der Waals surface area contributed by atoms with Crippen LogP contribution in [0, 0.1) is 30.6 Å². The number of nitrogens with one attached hydrogen (secondary N) is 2. The Kier molecular flexibility index (Phi) is 8.66. The lowest BCUT2D eigenvalue weighted by Gasteiger charge is -2.27. The fourth-order valence-corrected chi connectivity index (χ4v) is 4.84. The van der Waals surface area contributed by atoms with Gasteiger partial charge in [-0.05, 0) is 94.7 Å². The number of nitrogens with two attached hydrogens (primary N) is 1. The van der Waals surface area contributed by atoms with E-state index in [-0.39, 0.29) is 40.2 Å². The lowest BCUT2D eigenvalue weighted by atomic mass is 9.88. The molecule has 2 aromatic rings. The van der Waals surface area contributed by atoms with Crippen molar-refractivity contribution in [1.82, 2.24) is 15.3 Å². The van der Waals surface area contributed by atoms with E-state index < -0.39 is 30.2 Å². The number of aromatic nitrogens is 2. The molecule has 2 aliphatic carbocycles. The molecule has 2 fully saturated rings. The Labute approximate surface area is 225 Å². The highest BCUT2D eigenvalue weighted by atomic mass is 19.3. The molecule has 2 aliphatic rings. The van der Waals surface area contributed by atoms with E-state index in [9.17, 15) is 18.4 Å². The van der Waals surface area contributed by atoms with E-state index in [2.05, 4.69) is 25.6 Å². The molecule has 4 rings (SSSR count). The highest BCUT2D eigenvalue weighted by Crippen LogP contribution is 2.50. The van der Waals surface area contributed by atoms with Gasteiger partial charge >= 0.3 is 0 Å². The zero-order valence-electron chi connectivity index (χ0n) is 22.1. The normalized spacial score (nSPS) is 16.8. The number of amides is 2. The fraction of sp³-hybridized carbons (Fsp3) is 0.464. The molecule has 0 bridgehead atoms. The van der Waals surface area contributed by atoms with Crippen LogP contribution in [0.3, 0.4) is 0 Å². The molecule has 1 unspecified atom stereocenters. The number of pyridine rings is 2. The van der Waals surface area contributed by atoms with Crippen molar-refractivity contribution in [3.63, 3.8) is 0 Å². The van der Waals surface area contributed by atoms with E-state index in [1.54, 1.807) is 6.92 Å². The van der Waals surface area contributed by atoms with E-state index in [1.165, 1.54) is 30.5 Å². The van der Waals surface area contributed by atoms with Crippen molar-refractivity contribution in [1.29, 1.82) is 0 Å². The molecule has 2 heterocycles. The Bertz CT molecular complexity index is 1280. The van der Waals surface area contributed by atoms with Crippen LogP contribution < -0.4 is 16.4 Å². The highest BCUT2D eigenvalue weighted by molar-refractivity contribution is 6.43. The summed E-state index contributed by atoms with van der Waals surface area (Å²) < 4.78 is 41.4. The van der Waals surface area contributed by atoms with Gasteiger partial charge in [0.15, 0.2) is 0 Å². The Morgan fingerprint density at radius 2 is 1.79 bits per heavy atom. The molecule has 11 heteroatoms. The van der Waals surface area contributed by atoms with Gasteiger partial charge in [0.1, 0.15) is 17.6 Å². The lowest BCUT2D eigenvalue weighted by Crippen LogP contribution is -2.51. The summed E-state index contributed by atoms with van der Waals surface area (Å²) in [7, 11) is 0. The second-order valence-electron chi connectivity index (χ2n) is 10.4. The van der Waals surface area contributed by atoms with Crippen molar-refractivity contribution in [3.05, 3.63) is 53.9 Å². The van der Waals surface area contributed by atoms with E-state index in [4.69, 9.17) is 5.73 Å². The third-order valence-corrected chi connectivity index (χ3v) is 6.92. The van der Waals surface area contributed by atoms with Gasteiger partial charge in [-0.3, -0.25) is 19.6 Å². The molecule has 208 valence electrons. The summed E-state index contributed by atoms with van der Waals surface area (Å²) in [6.07, 6.45) is 4.81. The van der Waals surface area contributed by atoms with Crippen molar-refractivity contribution in [3.8, 4) is 11.1 Å². The van der Waals surface area contributed by atoms with Crippen LogP contribution in [-0.4, -0.2) is 39.6 Å². The molecule has 0 spiro atoms. The van der Waals surface area contributed by atoms with Gasteiger partial charge in [-0.25, -0.2) is 13.8 Å². The summed E-state index contributed by atoms with van der Waals surface area (Å²) >= 11 is 0. The van der Waals surface area contributed by atoms with Crippen LogP contribution in [-0.2, 0) is 9.59 Å². The van der Waals surface area contributed by atoms with Crippen LogP contribution in [0.2, 0.25) is 0 Å². The Balaban J connectivity index is 1.58. The van der Waals surface area contributed by atoms with E-state index in [0.717, 1.165) is 31.9 Å². The molecular weight excluding hydrogens is 509 g/mol. The zero-order chi connectivity index (χ0) is 28.3. The van der Waals surface area contributed by atoms with Crippen molar-refractivity contribution in [2.45, 2.75) is 65.0 Å². The zero-order valence-corrected chi connectivity index (χ0v) is 22.1. The lowest BCUT2D eigenvalue weighted by molar-refractivity contribution is -0.124. The molecule has 0 aliphatic heterocycles. The van der Waals surface area contributed by atoms with Gasteiger partial charge in [0.2, 0.25) is 11.9 Å². The molecule has 4 N–H and O–H groups in total. The van der Waals surface area contributed by atoms with Crippen LogP contribution in [0.25, 0.3) is 11.1 Å². The van der Waals surface area contributed by atoms with Gasteiger partial charge in [0.25, 0.3) is 12.3 Å². The molecule has 8 nitrogen and oxygen atoms in total. The van der Waals surface area contributed by atoms with Gasteiger partial charge in [-0.1, -0.05) is 0 Å². The first kappa shape index (κ1) is 28.3. The highest BCUT2D eigenvalue weighted by Gasteiger charge is 2.48. The maximum Gasteiger partial charge on any atom is 0.270 e. The quantitative estimate of drug-likeness (QED) is 0.280. The van der Waals surface area contributed by atoms with Crippen molar-refractivity contribution < 1.29 is 22.8 Å². The summed E-state index contributed by atoms with van der Waals surface area (Å²) in [6.45, 7) is 5.23. The van der Waals surface area contributed by atoms with Crippen LogP contribution in [0.15, 0.2) is 41.7 Å². The number of carbonyl (C=O) groups is 2. The maximum atomic E-state index is 15.1. The molecule has 2 amide bonds. The Morgan fingerprint density at radius 3 is 2.33 bits per heavy atom. The number of hydrogen-bond donors (Lipinski definition) is 3. The number of aliphatic imine (C=N–C) groups is 1. The minimum atomic E-state index is -2.75. The largest absolute Gasteiger partial charge is 0.405 e. The summed E-state index contributed by atoms with van der Waals surface area (Å²) in [4.78, 5) is 38.8. The first-order chi connectivity index (χ1) is 18.6. The number of carbonyl (C=O) groups excluding carboxylic acids is 2. The Morgan fingerprint density at radius 1 is 1.13 bits per heavy atom. The number of rotatable bonds is 11. The number of aryl methyl sites for hydroxylation is 1. The molecule has 1 atom stereocenters. The smallest absolute Gasteiger partial charge is 0.270 e. The number of alkyl halides is 2. The molecular formula is C28H33F3N6O2. The average molecular weight is 543 g/mol. The van der Waals surface area contributed by atoms with Gasteiger partial charge in [0, 0.05) is 34.6 Å². The van der Waals surface area contributed by atoms with Crippen molar-refractivity contribution >= 4 is 23.3 Å². The van der Waals surface area contributed by atoms with Gasteiger partial charge in [-0.15, -0.1) is 0 Å². The molecule has 0 radical (unpaired) electrons. The van der Waals surface area contributed by atoms with Crippen LogP contribution in [0.5, 0.6) is 0 Å². The topological polar surface area (TPSA) is 122 Å². The average Bonchev–Trinajstić information content (AvgIpc) is 3.79. The third-order valence-electron chi connectivity index (χ3n) is 6.92. The van der Waals surface area contributed by atoms with Crippen molar-refractivity contribution in [2.24, 2.45) is 28.5 Å². The molecule has 2 saturated carbocycles. The molecule has 39 heavy (non-hydrogen) atoms. The molecule has 2 aromatic heterocycles. The second kappa shape index (κ2) is 12.0. The predicted octanol–water partition coefficient (Wildman–Crippen LogP) is 4.71. The minimum absolute atomic E-state index is 0.0118. The summed E-state index contributed by atoms with van der Waals surface area (Å²) in [6, 6.07) is 2.90. The fourth-order valence-electron chi connectivity index (χ4n) is 4.84. The monoisotopic (exact) mass is 542 g/mol.